The van der Waals surface area contributed by atoms with Crippen molar-refractivity contribution in [2.24, 2.45) is 11.1 Å². The van der Waals surface area contributed by atoms with Gasteiger partial charge in [-0.2, -0.15) is 0 Å². The molecule has 1 aliphatic rings. The molecule has 0 atom stereocenters. The van der Waals surface area contributed by atoms with Gasteiger partial charge in [-0.25, -0.2) is 0 Å². The number of nitrogens with two attached hydrogens (primary N) is 1. The second-order valence-electron chi connectivity index (χ2n) is 5.19. The highest BCUT2D eigenvalue weighted by Gasteiger charge is 2.35. The Morgan fingerprint density at radius 2 is 2.13 bits per heavy atom. The van der Waals surface area contributed by atoms with Crippen molar-refractivity contribution in [1.29, 1.82) is 0 Å². The first kappa shape index (κ1) is 12.7. The van der Waals surface area contributed by atoms with Gasteiger partial charge in [-0.1, -0.05) is 12.5 Å². The van der Waals surface area contributed by atoms with Gasteiger partial charge in [0, 0.05) is 12.6 Å². The van der Waals surface area contributed by atoms with Crippen LogP contribution in [-0.2, 0) is 0 Å². The maximum atomic E-state index is 5.87. The first-order valence-corrected chi connectivity index (χ1v) is 6.18. The highest BCUT2D eigenvalue weighted by atomic mass is 15.1. The summed E-state index contributed by atoms with van der Waals surface area (Å²) < 4.78 is 0. The molecule has 0 saturated heterocycles. The molecule has 1 aliphatic carbocycles. The van der Waals surface area contributed by atoms with E-state index >= 15 is 0 Å². The SMILES string of the molecule is C=CCN(CCC1(CN)CCC1)C(C)C. The first-order chi connectivity index (χ1) is 7.13. The fourth-order valence-electron chi connectivity index (χ4n) is 2.34. The average molecular weight is 210 g/mol. The van der Waals surface area contributed by atoms with Crippen molar-refractivity contribution >= 4 is 0 Å². The van der Waals surface area contributed by atoms with Crippen LogP contribution < -0.4 is 5.73 Å². The Labute approximate surface area is 94.5 Å². The lowest BCUT2D eigenvalue weighted by atomic mass is 9.66. The summed E-state index contributed by atoms with van der Waals surface area (Å²) in [6.45, 7) is 11.3. The van der Waals surface area contributed by atoms with E-state index in [-0.39, 0.29) is 0 Å². The Morgan fingerprint density at radius 3 is 2.47 bits per heavy atom. The van der Waals surface area contributed by atoms with E-state index in [1.54, 1.807) is 0 Å². The quantitative estimate of drug-likeness (QED) is 0.654. The number of nitrogens with zero attached hydrogens (tertiary/aromatic N) is 1. The van der Waals surface area contributed by atoms with Crippen molar-refractivity contribution in [2.75, 3.05) is 19.6 Å². The summed E-state index contributed by atoms with van der Waals surface area (Å²) in [6, 6.07) is 0.609. The molecule has 0 unspecified atom stereocenters. The summed E-state index contributed by atoms with van der Waals surface area (Å²) in [5, 5.41) is 0. The van der Waals surface area contributed by atoms with E-state index in [9.17, 15) is 0 Å². The standard InChI is InChI=1S/C13H26N2/c1-4-9-15(12(2)3)10-8-13(11-14)6-5-7-13/h4,12H,1,5-11,14H2,2-3H3. The molecule has 0 bridgehead atoms. The van der Waals surface area contributed by atoms with Crippen LogP contribution in [0.1, 0.15) is 39.5 Å². The van der Waals surface area contributed by atoms with Crippen molar-refractivity contribution in [1.82, 2.24) is 4.90 Å². The van der Waals surface area contributed by atoms with Crippen LogP contribution in [0.5, 0.6) is 0 Å². The van der Waals surface area contributed by atoms with E-state index in [2.05, 4.69) is 25.3 Å². The molecular formula is C13H26N2. The molecule has 1 fully saturated rings. The summed E-state index contributed by atoms with van der Waals surface area (Å²) in [5.74, 6) is 0. The lowest BCUT2D eigenvalue weighted by Gasteiger charge is -2.42. The molecule has 0 spiro atoms. The van der Waals surface area contributed by atoms with Crippen LogP contribution in [0, 0.1) is 5.41 Å². The Kier molecular flexibility index (Phi) is 4.81. The monoisotopic (exact) mass is 210 g/mol. The van der Waals surface area contributed by atoms with Gasteiger partial charge in [0.25, 0.3) is 0 Å². The summed E-state index contributed by atoms with van der Waals surface area (Å²) in [6.07, 6.45) is 7.30. The summed E-state index contributed by atoms with van der Waals surface area (Å²) in [7, 11) is 0. The maximum Gasteiger partial charge on any atom is 0.0163 e. The average Bonchev–Trinajstić information content (AvgIpc) is 2.14. The molecule has 88 valence electrons. The van der Waals surface area contributed by atoms with Crippen LogP contribution in [0.3, 0.4) is 0 Å². The highest BCUT2D eigenvalue weighted by molar-refractivity contribution is 4.90. The lowest BCUT2D eigenvalue weighted by molar-refractivity contribution is 0.101. The molecule has 2 nitrogen and oxygen atoms in total. The minimum Gasteiger partial charge on any atom is -0.330 e. The second kappa shape index (κ2) is 5.66. The van der Waals surface area contributed by atoms with E-state index in [1.807, 2.05) is 6.08 Å². The van der Waals surface area contributed by atoms with Gasteiger partial charge in [-0.3, -0.25) is 4.90 Å². The third-order valence-corrected chi connectivity index (χ3v) is 3.87. The summed E-state index contributed by atoms with van der Waals surface area (Å²) in [4.78, 5) is 2.47. The fourth-order valence-corrected chi connectivity index (χ4v) is 2.34. The summed E-state index contributed by atoms with van der Waals surface area (Å²) in [5.41, 5.74) is 6.35. The highest BCUT2D eigenvalue weighted by Crippen LogP contribution is 2.42. The van der Waals surface area contributed by atoms with Crippen LogP contribution in [0.15, 0.2) is 12.7 Å². The Bertz CT molecular complexity index is 189. The normalized spacial score (nSPS) is 19.3. The third-order valence-electron chi connectivity index (χ3n) is 3.87. The largest absolute Gasteiger partial charge is 0.330 e. The molecule has 1 saturated carbocycles. The molecule has 1 rings (SSSR count). The zero-order valence-electron chi connectivity index (χ0n) is 10.3. The van der Waals surface area contributed by atoms with Crippen molar-refractivity contribution in [3.63, 3.8) is 0 Å². The van der Waals surface area contributed by atoms with Gasteiger partial charge in [-0.05, 0) is 51.6 Å². The molecule has 2 N–H and O–H groups in total. The first-order valence-electron chi connectivity index (χ1n) is 6.18. The minimum atomic E-state index is 0.480. The van der Waals surface area contributed by atoms with Gasteiger partial charge < -0.3 is 5.73 Å². The van der Waals surface area contributed by atoms with E-state index in [0.717, 1.165) is 13.1 Å². The number of rotatable bonds is 7. The Hall–Kier alpha value is -0.340. The van der Waals surface area contributed by atoms with Crippen molar-refractivity contribution in [3.8, 4) is 0 Å². The van der Waals surface area contributed by atoms with E-state index in [4.69, 9.17) is 5.73 Å². The second-order valence-corrected chi connectivity index (χ2v) is 5.19. The summed E-state index contributed by atoms with van der Waals surface area (Å²) >= 11 is 0. The molecule has 0 radical (unpaired) electrons. The van der Waals surface area contributed by atoms with E-state index < -0.39 is 0 Å². The zero-order chi connectivity index (χ0) is 11.3. The maximum absolute atomic E-state index is 5.87. The van der Waals surface area contributed by atoms with Crippen LogP contribution in [0.4, 0.5) is 0 Å². The molecule has 15 heavy (non-hydrogen) atoms. The van der Waals surface area contributed by atoms with E-state index in [1.165, 1.54) is 32.2 Å². The fraction of sp³-hybridized carbons (Fsp3) is 0.846. The van der Waals surface area contributed by atoms with Crippen molar-refractivity contribution in [3.05, 3.63) is 12.7 Å². The predicted molar refractivity (Wildman–Crippen MR) is 66.9 cm³/mol. The van der Waals surface area contributed by atoms with Crippen LogP contribution >= 0.6 is 0 Å². The van der Waals surface area contributed by atoms with Gasteiger partial charge in [0.1, 0.15) is 0 Å². The van der Waals surface area contributed by atoms with Gasteiger partial charge in [0.15, 0.2) is 0 Å². The molecular weight excluding hydrogens is 184 g/mol. The zero-order valence-corrected chi connectivity index (χ0v) is 10.3. The molecule has 0 aromatic heterocycles. The van der Waals surface area contributed by atoms with Crippen molar-refractivity contribution < 1.29 is 0 Å². The third kappa shape index (κ3) is 3.32. The topological polar surface area (TPSA) is 29.3 Å². The van der Waals surface area contributed by atoms with Gasteiger partial charge in [0.2, 0.25) is 0 Å². The smallest absolute Gasteiger partial charge is 0.0163 e. The molecule has 0 aliphatic heterocycles. The molecule has 0 heterocycles. The van der Waals surface area contributed by atoms with Gasteiger partial charge in [0.05, 0.1) is 0 Å². The minimum absolute atomic E-state index is 0.480. The molecule has 0 aromatic rings. The van der Waals surface area contributed by atoms with Crippen LogP contribution in [0.25, 0.3) is 0 Å². The Morgan fingerprint density at radius 1 is 1.47 bits per heavy atom. The predicted octanol–water partition coefficient (Wildman–Crippen LogP) is 2.40. The van der Waals surface area contributed by atoms with Crippen LogP contribution in [-0.4, -0.2) is 30.6 Å². The van der Waals surface area contributed by atoms with Crippen molar-refractivity contribution in [2.45, 2.75) is 45.6 Å². The van der Waals surface area contributed by atoms with Gasteiger partial charge in [-0.15, -0.1) is 6.58 Å². The van der Waals surface area contributed by atoms with Crippen LogP contribution in [0.2, 0.25) is 0 Å². The molecule has 0 aromatic carbocycles. The Balaban J connectivity index is 2.35. The lowest BCUT2D eigenvalue weighted by Crippen LogP contribution is -2.42. The van der Waals surface area contributed by atoms with E-state index in [0.29, 0.717) is 11.5 Å². The van der Waals surface area contributed by atoms with Gasteiger partial charge >= 0.3 is 0 Å². The number of hydrogen-bond acceptors (Lipinski definition) is 2. The molecule has 2 heteroatoms. The molecule has 0 amide bonds. The number of hydrogen-bond donors (Lipinski definition) is 1.